The van der Waals surface area contributed by atoms with Crippen LogP contribution in [-0.2, 0) is 0 Å². The zero-order valence-electron chi connectivity index (χ0n) is 16.9. The maximum atomic E-state index is 13.3. The summed E-state index contributed by atoms with van der Waals surface area (Å²) in [6.45, 7) is 0. The largest absolute Gasteiger partial charge is 0.496 e. The Kier molecular flexibility index (Phi) is 6.24. The maximum absolute atomic E-state index is 13.3. The van der Waals surface area contributed by atoms with Crippen molar-refractivity contribution in [2.45, 2.75) is 24.6 Å². The standard InChI is InChI=1S/C22H17F2N5O2S/c1-31-18-6-5-13(20(23)24)8-16(18)15-9-14(10-25)26-11-17(15)21(30)27-22-29-28-19(32-22)7-4-12-2-3-12/h5-6,8-9,11-12,19-20,28H,2-3H2,1H3,(H,27,29,30). The number of hydrazone groups is 1. The van der Waals surface area contributed by atoms with Crippen LogP contribution in [-0.4, -0.2) is 28.5 Å². The number of benzene rings is 1. The van der Waals surface area contributed by atoms with Crippen LogP contribution >= 0.6 is 11.8 Å². The number of alkyl halides is 2. The van der Waals surface area contributed by atoms with E-state index in [4.69, 9.17) is 4.74 Å². The van der Waals surface area contributed by atoms with Crippen molar-refractivity contribution in [2.24, 2.45) is 11.0 Å². The molecule has 1 aromatic carbocycles. The predicted molar refractivity (Wildman–Crippen MR) is 116 cm³/mol. The number of carbonyl (C=O) groups excluding carboxylic acids is 1. The van der Waals surface area contributed by atoms with Crippen LogP contribution in [0.15, 0.2) is 35.6 Å². The molecule has 1 unspecified atom stereocenters. The summed E-state index contributed by atoms with van der Waals surface area (Å²) in [6, 6.07) is 7.15. The molecule has 1 saturated carbocycles. The fourth-order valence-electron chi connectivity index (χ4n) is 2.98. The minimum Gasteiger partial charge on any atom is -0.496 e. The van der Waals surface area contributed by atoms with E-state index >= 15 is 0 Å². The van der Waals surface area contributed by atoms with Gasteiger partial charge in [0.15, 0.2) is 10.5 Å². The lowest BCUT2D eigenvalue weighted by atomic mass is 9.97. The highest BCUT2D eigenvalue weighted by Crippen LogP contribution is 2.36. The third-order valence-electron chi connectivity index (χ3n) is 4.76. The SMILES string of the molecule is COc1ccc(C(F)F)cc1-c1cc(C#N)ncc1C(=O)NC1=NNC(C#CC2CC2)S1. The Balaban J connectivity index is 1.63. The van der Waals surface area contributed by atoms with Crippen LogP contribution in [0.5, 0.6) is 5.75 Å². The topological polar surface area (TPSA) is 99.4 Å². The number of amidine groups is 1. The Morgan fingerprint density at radius 2 is 2.12 bits per heavy atom. The van der Waals surface area contributed by atoms with E-state index in [2.05, 4.69) is 32.7 Å². The van der Waals surface area contributed by atoms with Gasteiger partial charge in [0, 0.05) is 28.8 Å². The summed E-state index contributed by atoms with van der Waals surface area (Å²) in [6.07, 6.45) is 0.743. The van der Waals surface area contributed by atoms with Gasteiger partial charge in [0.2, 0.25) is 0 Å². The summed E-state index contributed by atoms with van der Waals surface area (Å²) < 4.78 is 31.9. The molecule has 1 aliphatic heterocycles. The summed E-state index contributed by atoms with van der Waals surface area (Å²) in [5.41, 5.74) is 3.23. The molecule has 4 rings (SSSR count). The van der Waals surface area contributed by atoms with Gasteiger partial charge in [-0.3, -0.25) is 15.5 Å². The zero-order valence-corrected chi connectivity index (χ0v) is 17.7. The van der Waals surface area contributed by atoms with Crippen LogP contribution in [0.3, 0.4) is 0 Å². The van der Waals surface area contributed by atoms with Gasteiger partial charge in [0.25, 0.3) is 12.3 Å². The van der Waals surface area contributed by atoms with Gasteiger partial charge in [-0.1, -0.05) is 11.8 Å². The molecule has 2 aliphatic rings. The first-order chi connectivity index (χ1) is 15.5. The Hall–Kier alpha value is -3.63. The van der Waals surface area contributed by atoms with Crippen molar-refractivity contribution in [3.05, 3.63) is 47.3 Å². The van der Waals surface area contributed by atoms with Gasteiger partial charge in [-0.15, -0.1) is 0 Å². The fraction of sp³-hybridized carbons (Fsp3) is 0.273. The zero-order chi connectivity index (χ0) is 22.7. The molecule has 2 aromatic rings. The number of thioether (sulfide) groups is 1. The quantitative estimate of drug-likeness (QED) is 0.686. The number of pyridine rings is 1. The molecule has 2 N–H and O–H groups in total. The van der Waals surface area contributed by atoms with Crippen molar-refractivity contribution in [1.82, 2.24) is 15.7 Å². The molecule has 1 fully saturated rings. The molecule has 1 aromatic heterocycles. The molecule has 10 heteroatoms. The lowest BCUT2D eigenvalue weighted by Gasteiger charge is -2.14. The molecular formula is C22H17F2N5O2S. The van der Waals surface area contributed by atoms with Crippen molar-refractivity contribution >= 4 is 22.8 Å². The predicted octanol–water partition coefficient (Wildman–Crippen LogP) is 3.64. The number of carbonyl (C=O) groups is 1. The Morgan fingerprint density at radius 1 is 1.31 bits per heavy atom. The van der Waals surface area contributed by atoms with Gasteiger partial charge in [0.05, 0.1) is 12.7 Å². The summed E-state index contributed by atoms with van der Waals surface area (Å²) in [7, 11) is 1.39. The number of aromatic nitrogens is 1. The van der Waals surface area contributed by atoms with Crippen molar-refractivity contribution in [3.8, 4) is 34.8 Å². The second-order valence-electron chi connectivity index (χ2n) is 7.05. The average molecular weight is 453 g/mol. The first-order valence-corrected chi connectivity index (χ1v) is 10.6. The minimum absolute atomic E-state index is 0.0331. The van der Waals surface area contributed by atoms with Crippen LogP contribution in [0.2, 0.25) is 0 Å². The Morgan fingerprint density at radius 3 is 2.81 bits per heavy atom. The number of hydrogen-bond donors (Lipinski definition) is 2. The van der Waals surface area contributed by atoms with Gasteiger partial charge in [-0.25, -0.2) is 13.8 Å². The van der Waals surface area contributed by atoms with Crippen LogP contribution in [0.25, 0.3) is 11.1 Å². The normalized spacial score (nSPS) is 17.0. The highest BCUT2D eigenvalue weighted by Gasteiger charge is 2.24. The Labute approximate surface area is 187 Å². The van der Waals surface area contributed by atoms with Crippen molar-refractivity contribution < 1.29 is 18.3 Å². The number of rotatable bonds is 4. The number of nitrogens with one attached hydrogen (secondary N) is 2. The van der Waals surface area contributed by atoms with E-state index < -0.39 is 12.3 Å². The van der Waals surface area contributed by atoms with Gasteiger partial charge >= 0.3 is 0 Å². The fourth-order valence-corrected chi connectivity index (χ4v) is 3.69. The van der Waals surface area contributed by atoms with E-state index in [9.17, 15) is 18.8 Å². The van der Waals surface area contributed by atoms with Crippen molar-refractivity contribution in [2.75, 3.05) is 7.11 Å². The van der Waals surface area contributed by atoms with E-state index in [1.165, 1.54) is 49.3 Å². The third-order valence-corrected chi connectivity index (χ3v) is 5.63. The van der Waals surface area contributed by atoms with E-state index in [0.717, 1.165) is 12.8 Å². The smallest absolute Gasteiger partial charge is 0.263 e. The highest BCUT2D eigenvalue weighted by molar-refractivity contribution is 8.14. The minimum atomic E-state index is -2.71. The summed E-state index contributed by atoms with van der Waals surface area (Å²) in [5, 5.41) is 16.1. The van der Waals surface area contributed by atoms with Crippen molar-refractivity contribution in [1.29, 1.82) is 5.26 Å². The van der Waals surface area contributed by atoms with Gasteiger partial charge in [-0.2, -0.15) is 10.4 Å². The molecule has 1 amide bonds. The molecular weight excluding hydrogens is 436 g/mol. The number of nitriles is 1. The number of methoxy groups -OCH3 is 1. The first kappa shape index (κ1) is 21.6. The van der Waals surface area contributed by atoms with Gasteiger partial charge in [0.1, 0.15) is 17.5 Å². The lowest BCUT2D eigenvalue weighted by molar-refractivity contribution is 0.0978. The summed E-state index contributed by atoms with van der Waals surface area (Å²) >= 11 is 1.26. The van der Waals surface area contributed by atoms with Crippen LogP contribution in [0.4, 0.5) is 8.78 Å². The molecule has 162 valence electrons. The molecule has 0 spiro atoms. The molecule has 7 nitrogen and oxygen atoms in total. The van der Waals surface area contributed by atoms with Gasteiger partial charge < -0.3 is 4.74 Å². The molecule has 0 saturated heterocycles. The molecule has 1 aliphatic carbocycles. The number of hydrogen-bond acceptors (Lipinski definition) is 7. The lowest BCUT2D eigenvalue weighted by Crippen LogP contribution is -2.28. The average Bonchev–Trinajstić information content (AvgIpc) is 3.54. The van der Waals surface area contributed by atoms with Crippen LogP contribution < -0.4 is 15.5 Å². The molecule has 32 heavy (non-hydrogen) atoms. The highest BCUT2D eigenvalue weighted by atomic mass is 32.2. The van der Waals surface area contributed by atoms with Crippen molar-refractivity contribution in [3.63, 3.8) is 0 Å². The molecule has 2 heterocycles. The second-order valence-corrected chi connectivity index (χ2v) is 8.14. The number of nitrogens with zero attached hydrogens (tertiary/aromatic N) is 3. The van der Waals surface area contributed by atoms with Crippen LogP contribution in [0, 0.1) is 29.1 Å². The van der Waals surface area contributed by atoms with Gasteiger partial charge in [-0.05, 0) is 48.9 Å². The summed E-state index contributed by atoms with van der Waals surface area (Å²) in [5.74, 6) is 6.39. The van der Waals surface area contributed by atoms with E-state index in [1.807, 2.05) is 6.07 Å². The summed E-state index contributed by atoms with van der Waals surface area (Å²) in [4.78, 5) is 17.0. The number of halogens is 2. The second kappa shape index (κ2) is 9.25. The number of amides is 1. The molecule has 0 bridgehead atoms. The van der Waals surface area contributed by atoms with Crippen LogP contribution in [0.1, 0.15) is 40.9 Å². The van der Waals surface area contributed by atoms with E-state index in [-0.39, 0.29) is 39.1 Å². The van der Waals surface area contributed by atoms with E-state index in [0.29, 0.717) is 11.1 Å². The Bertz CT molecular complexity index is 1200. The third kappa shape index (κ3) is 4.82. The monoisotopic (exact) mass is 453 g/mol. The number of ether oxygens (including phenoxy) is 1. The van der Waals surface area contributed by atoms with E-state index in [1.54, 1.807) is 0 Å². The first-order valence-electron chi connectivity index (χ1n) is 9.67. The molecule has 0 radical (unpaired) electrons. The maximum Gasteiger partial charge on any atom is 0.263 e. The molecule has 1 atom stereocenters.